The average Bonchev–Trinajstić information content (AvgIpc) is 2.00. The predicted molar refractivity (Wildman–Crippen MR) is 46.6 cm³/mol. The molecule has 0 aliphatic carbocycles. The van der Waals surface area contributed by atoms with Crippen LogP contribution in [0.3, 0.4) is 0 Å². The van der Waals surface area contributed by atoms with Gasteiger partial charge >= 0.3 is 5.97 Å². The minimum atomic E-state index is -0.401. The SMILES string of the molecule is C=COCC(=O)OC(C)(C)CC. The molecule has 0 aromatic carbocycles. The van der Waals surface area contributed by atoms with Gasteiger partial charge in [0, 0.05) is 0 Å². The van der Waals surface area contributed by atoms with Crippen LogP contribution in [0, 0.1) is 0 Å². The standard InChI is InChI=1S/C9H16O3/c1-5-9(3,4)12-8(10)7-11-6-2/h6H,2,5,7H2,1,3-4H3. The highest BCUT2D eigenvalue weighted by molar-refractivity contribution is 5.71. The van der Waals surface area contributed by atoms with Crippen LogP contribution in [-0.2, 0) is 14.3 Å². The molecular weight excluding hydrogens is 156 g/mol. The van der Waals surface area contributed by atoms with Crippen LogP contribution in [0.1, 0.15) is 27.2 Å². The van der Waals surface area contributed by atoms with E-state index in [4.69, 9.17) is 4.74 Å². The summed E-state index contributed by atoms with van der Waals surface area (Å²) in [5.41, 5.74) is -0.401. The maximum absolute atomic E-state index is 11.0. The van der Waals surface area contributed by atoms with Crippen LogP contribution in [0.15, 0.2) is 12.8 Å². The van der Waals surface area contributed by atoms with Crippen molar-refractivity contribution in [2.75, 3.05) is 6.61 Å². The molecule has 0 radical (unpaired) electrons. The van der Waals surface area contributed by atoms with Crippen molar-refractivity contribution in [3.63, 3.8) is 0 Å². The fourth-order valence-corrected chi connectivity index (χ4v) is 0.537. The van der Waals surface area contributed by atoms with Crippen LogP contribution in [0.2, 0.25) is 0 Å². The molecule has 0 amide bonds. The van der Waals surface area contributed by atoms with Gasteiger partial charge < -0.3 is 9.47 Å². The van der Waals surface area contributed by atoms with Crippen molar-refractivity contribution in [3.05, 3.63) is 12.8 Å². The molecule has 0 heterocycles. The van der Waals surface area contributed by atoms with Gasteiger partial charge in [0.1, 0.15) is 5.60 Å². The Labute approximate surface area is 73.4 Å². The Morgan fingerprint density at radius 1 is 1.58 bits per heavy atom. The molecule has 0 aromatic heterocycles. The molecule has 0 N–H and O–H groups in total. The summed E-state index contributed by atoms with van der Waals surface area (Å²) < 4.78 is 9.75. The van der Waals surface area contributed by atoms with Crippen molar-refractivity contribution in [2.24, 2.45) is 0 Å². The molecule has 3 heteroatoms. The third kappa shape index (κ3) is 4.77. The Hall–Kier alpha value is -0.990. The molecule has 0 saturated heterocycles. The number of hydrogen-bond donors (Lipinski definition) is 0. The molecule has 12 heavy (non-hydrogen) atoms. The predicted octanol–water partition coefficient (Wildman–Crippen LogP) is 1.88. The van der Waals surface area contributed by atoms with Gasteiger partial charge in [0.05, 0.1) is 6.26 Å². The summed E-state index contributed by atoms with van der Waals surface area (Å²) in [6, 6.07) is 0. The number of rotatable bonds is 5. The highest BCUT2D eigenvalue weighted by Crippen LogP contribution is 2.13. The molecule has 0 unspecified atom stereocenters. The Morgan fingerprint density at radius 2 is 2.17 bits per heavy atom. The first-order valence-electron chi connectivity index (χ1n) is 3.96. The molecule has 0 aliphatic rings. The van der Waals surface area contributed by atoms with Crippen LogP contribution < -0.4 is 0 Å². The molecule has 0 atom stereocenters. The highest BCUT2D eigenvalue weighted by atomic mass is 16.6. The van der Waals surface area contributed by atoms with Crippen molar-refractivity contribution < 1.29 is 14.3 Å². The number of carbonyl (C=O) groups is 1. The van der Waals surface area contributed by atoms with Crippen molar-refractivity contribution in [1.29, 1.82) is 0 Å². The lowest BCUT2D eigenvalue weighted by Gasteiger charge is -2.22. The fraction of sp³-hybridized carbons (Fsp3) is 0.667. The van der Waals surface area contributed by atoms with Gasteiger partial charge in [0.25, 0.3) is 0 Å². The van der Waals surface area contributed by atoms with Crippen LogP contribution in [-0.4, -0.2) is 18.2 Å². The van der Waals surface area contributed by atoms with Gasteiger partial charge in [-0.05, 0) is 20.3 Å². The summed E-state index contributed by atoms with van der Waals surface area (Å²) in [6.45, 7) is 8.94. The van der Waals surface area contributed by atoms with E-state index in [0.717, 1.165) is 6.42 Å². The van der Waals surface area contributed by atoms with Gasteiger partial charge in [-0.2, -0.15) is 0 Å². The summed E-state index contributed by atoms with van der Waals surface area (Å²) in [4.78, 5) is 11.0. The van der Waals surface area contributed by atoms with Gasteiger partial charge in [-0.1, -0.05) is 13.5 Å². The van der Waals surface area contributed by atoms with Gasteiger partial charge in [-0.25, -0.2) is 4.79 Å². The lowest BCUT2D eigenvalue weighted by Crippen LogP contribution is -2.28. The monoisotopic (exact) mass is 172 g/mol. The number of ether oxygens (including phenoxy) is 2. The van der Waals surface area contributed by atoms with Gasteiger partial charge in [-0.15, -0.1) is 0 Å². The van der Waals surface area contributed by atoms with Crippen LogP contribution >= 0.6 is 0 Å². The first-order valence-corrected chi connectivity index (χ1v) is 3.96. The quantitative estimate of drug-likeness (QED) is 0.469. The van der Waals surface area contributed by atoms with Gasteiger partial charge in [-0.3, -0.25) is 0 Å². The van der Waals surface area contributed by atoms with Crippen molar-refractivity contribution in [3.8, 4) is 0 Å². The minimum Gasteiger partial charge on any atom is -0.490 e. The lowest BCUT2D eigenvalue weighted by atomic mass is 10.1. The third-order valence-electron chi connectivity index (χ3n) is 1.56. The Balaban J connectivity index is 3.75. The molecule has 0 spiro atoms. The van der Waals surface area contributed by atoms with Gasteiger partial charge in [0.2, 0.25) is 0 Å². The lowest BCUT2D eigenvalue weighted by molar-refractivity contribution is -0.160. The molecule has 70 valence electrons. The molecule has 0 aliphatic heterocycles. The molecule has 0 saturated carbocycles. The van der Waals surface area contributed by atoms with E-state index in [0.29, 0.717) is 0 Å². The second kappa shape index (κ2) is 4.80. The minimum absolute atomic E-state index is 0.0626. The van der Waals surface area contributed by atoms with E-state index in [-0.39, 0.29) is 12.6 Å². The highest BCUT2D eigenvalue weighted by Gasteiger charge is 2.19. The van der Waals surface area contributed by atoms with E-state index in [1.807, 2.05) is 20.8 Å². The van der Waals surface area contributed by atoms with E-state index in [9.17, 15) is 4.79 Å². The molecule has 0 fully saturated rings. The fourth-order valence-electron chi connectivity index (χ4n) is 0.537. The first-order chi connectivity index (χ1) is 5.52. The Bertz CT molecular complexity index is 161. The molecule has 3 nitrogen and oxygen atoms in total. The van der Waals surface area contributed by atoms with Crippen molar-refractivity contribution in [2.45, 2.75) is 32.8 Å². The van der Waals surface area contributed by atoms with Crippen LogP contribution in [0.25, 0.3) is 0 Å². The Morgan fingerprint density at radius 3 is 2.58 bits per heavy atom. The van der Waals surface area contributed by atoms with E-state index in [1.54, 1.807) is 0 Å². The van der Waals surface area contributed by atoms with Crippen molar-refractivity contribution in [1.82, 2.24) is 0 Å². The maximum atomic E-state index is 11.0. The summed E-state index contributed by atoms with van der Waals surface area (Å²) in [5.74, 6) is -0.359. The van der Waals surface area contributed by atoms with E-state index >= 15 is 0 Å². The normalized spacial score (nSPS) is 10.6. The summed E-state index contributed by atoms with van der Waals surface area (Å²) >= 11 is 0. The van der Waals surface area contributed by atoms with E-state index in [2.05, 4.69) is 11.3 Å². The second-order valence-corrected chi connectivity index (χ2v) is 3.06. The third-order valence-corrected chi connectivity index (χ3v) is 1.56. The number of carbonyl (C=O) groups excluding carboxylic acids is 1. The summed E-state index contributed by atoms with van der Waals surface area (Å²) in [5, 5.41) is 0. The molecular formula is C9H16O3. The maximum Gasteiger partial charge on any atom is 0.344 e. The van der Waals surface area contributed by atoms with Crippen molar-refractivity contribution >= 4 is 5.97 Å². The van der Waals surface area contributed by atoms with E-state index < -0.39 is 5.60 Å². The zero-order chi connectivity index (χ0) is 9.61. The zero-order valence-electron chi connectivity index (χ0n) is 7.92. The zero-order valence-corrected chi connectivity index (χ0v) is 7.92. The summed E-state index contributed by atoms with van der Waals surface area (Å²) in [6.07, 6.45) is 2.01. The topological polar surface area (TPSA) is 35.5 Å². The Kier molecular flexibility index (Phi) is 4.40. The van der Waals surface area contributed by atoms with Crippen LogP contribution in [0.4, 0.5) is 0 Å². The number of hydrogen-bond acceptors (Lipinski definition) is 3. The second-order valence-electron chi connectivity index (χ2n) is 3.06. The van der Waals surface area contributed by atoms with E-state index in [1.165, 1.54) is 6.26 Å². The molecule has 0 bridgehead atoms. The average molecular weight is 172 g/mol. The smallest absolute Gasteiger partial charge is 0.344 e. The largest absolute Gasteiger partial charge is 0.490 e. The molecule has 0 rings (SSSR count). The van der Waals surface area contributed by atoms with Gasteiger partial charge in [0.15, 0.2) is 6.61 Å². The summed E-state index contributed by atoms with van der Waals surface area (Å²) in [7, 11) is 0. The first kappa shape index (κ1) is 11.0. The molecule has 0 aromatic rings. The van der Waals surface area contributed by atoms with Crippen LogP contribution in [0.5, 0.6) is 0 Å². The number of esters is 1.